The second kappa shape index (κ2) is 4.02. The van der Waals surface area contributed by atoms with Crippen molar-refractivity contribution in [3.8, 4) is 11.5 Å². The molecular weight excluding hydrogens is 244 g/mol. The maximum Gasteiger partial charge on any atom is 0.344 e. The summed E-state index contributed by atoms with van der Waals surface area (Å²) in [5.74, 6) is 0.480. The third-order valence-corrected chi connectivity index (χ3v) is 3.22. The Morgan fingerprint density at radius 3 is 2.74 bits per heavy atom. The molecule has 0 bridgehead atoms. The molecule has 3 rings (SSSR count). The van der Waals surface area contributed by atoms with Crippen molar-refractivity contribution >= 4 is 21.7 Å². The van der Waals surface area contributed by atoms with E-state index in [0.717, 1.165) is 10.9 Å². The molecule has 1 aromatic heterocycles. The van der Waals surface area contributed by atoms with E-state index in [2.05, 4.69) is 0 Å². The summed E-state index contributed by atoms with van der Waals surface area (Å²) >= 11 is 0. The lowest BCUT2D eigenvalue weighted by Gasteiger charge is -2.09. The van der Waals surface area contributed by atoms with Crippen LogP contribution in [0.5, 0.6) is 11.5 Å². The van der Waals surface area contributed by atoms with Gasteiger partial charge in [-0.15, -0.1) is 0 Å². The smallest absolute Gasteiger partial charge is 0.344 e. The number of benzene rings is 2. The Balaban J connectivity index is 2.66. The SMILES string of the molecule is COc1cc(O)cc2oc(=O)c3c(C)cccc3c12. The molecule has 0 radical (unpaired) electrons. The molecule has 0 aliphatic carbocycles. The molecule has 2 aromatic carbocycles. The van der Waals surface area contributed by atoms with E-state index in [1.54, 1.807) is 0 Å². The molecule has 0 fully saturated rings. The topological polar surface area (TPSA) is 59.7 Å². The van der Waals surface area contributed by atoms with Crippen LogP contribution in [0.3, 0.4) is 0 Å². The number of methoxy groups -OCH3 is 1. The van der Waals surface area contributed by atoms with Crippen LogP contribution in [0.2, 0.25) is 0 Å². The second-order valence-electron chi connectivity index (χ2n) is 4.41. The van der Waals surface area contributed by atoms with E-state index in [-0.39, 0.29) is 5.75 Å². The average molecular weight is 256 g/mol. The van der Waals surface area contributed by atoms with Gasteiger partial charge in [0.05, 0.1) is 17.9 Å². The van der Waals surface area contributed by atoms with Crippen LogP contribution in [0.15, 0.2) is 39.5 Å². The first kappa shape index (κ1) is 11.6. The van der Waals surface area contributed by atoms with Gasteiger partial charge in [0, 0.05) is 17.5 Å². The Kier molecular flexibility index (Phi) is 2.45. The van der Waals surface area contributed by atoms with Gasteiger partial charge in [0.25, 0.3) is 0 Å². The van der Waals surface area contributed by atoms with E-state index in [4.69, 9.17) is 9.15 Å². The summed E-state index contributed by atoms with van der Waals surface area (Å²) in [6.45, 7) is 1.86. The number of rotatable bonds is 1. The van der Waals surface area contributed by atoms with Crippen LogP contribution in [0.4, 0.5) is 0 Å². The number of aromatic hydroxyl groups is 1. The van der Waals surface area contributed by atoms with Gasteiger partial charge >= 0.3 is 5.63 Å². The van der Waals surface area contributed by atoms with E-state index < -0.39 is 5.63 Å². The van der Waals surface area contributed by atoms with Crippen molar-refractivity contribution < 1.29 is 14.3 Å². The average Bonchev–Trinajstić information content (AvgIpc) is 2.37. The van der Waals surface area contributed by atoms with Crippen LogP contribution in [-0.4, -0.2) is 12.2 Å². The molecule has 1 N–H and O–H groups in total. The molecule has 96 valence electrons. The Morgan fingerprint density at radius 2 is 2.00 bits per heavy atom. The standard InChI is InChI=1S/C15H12O4/c1-8-4-3-5-10-13(8)15(17)19-12-7-9(16)6-11(18-2)14(10)12/h3-7,16H,1-2H3. The Hall–Kier alpha value is -2.49. The number of phenols is 1. The molecule has 4 heteroatoms. The van der Waals surface area contributed by atoms with Gasteiger partial charge in [0.1, 0.15) is 17.1 Å². The van der Waals surface area contributed by atoms with Gasteiger partial charge in [-0.3, -0.25) is 0 Å². The highest BCUT2D eigenvalue weighted by Crippen LogP contribution is 2.35. The molecule has 4 nitrogen and oxygen atoms in total. The minimum absolute atomic E-state index is 0.000460. The summed E-state index contributed by atoms with van der Waals surface area (Å²) in [6, 6.07) is 8.51. The highest BCUT2D eigenvalue weighted by molar-refractivity contribution is 6.08. The fourth-order valence-electron chi connectivity index (χ4n) is 2.38. The Bertz CT molecular complexity index is 846. The van der Waals surface area contributed by atoms with Crippen molar-refractivity contribution in [1.82, 2.24) is 0 Å². The van der Waals surface area contributed by atoms with Crippen LogP contribution in [-0.2, 0) is 0 Å². The largest absolute Gasteiger partial charge is 0.508 e. The van der Waals surface area contributed by atoms with E-state index in [9.17, 15) is 9.90 Å². The lowest BCUT2D eigenvalue weighted by atomic mass is 10.0. The first-order chi connectivity index (χ1) is 9.11. The molecule has 0 aliphatic rings. The van der Waals surface area contributed by atoms with Crippen LogP contribution in [0.1, 0.15) is 5.56 Å². The quantitative estimate of drug-likeness (QED) is 0.537. The maximum absolute atomic E-state index is 12.0. The van der Waals surface area contributed by atoms with Gasteiger partial charge in [-0.2, -0.15) is 0 Å². The molecular formula is C15H12O4. The van der Waals surface area contributed by atoms with Crippen LogP contribution in [0, 0.1) is 6.92 Å². The molecule has 0 unspecified atom stereocenters. The van der Waals surface area contributed by atoms with Gasteiger partial charge in [-0.25, -0.2) is 4.79 Å². The minimum atomic E-state index is -0.409. The van der Waals surface area contributed by atoms with Crippen molar-refractivity contribution in [3.63, 3.8) is 0 Å². The van der Waals surface area contributed by atoms with Crippen LogP contribution >= 0.6 is 0 Å². The third-order valence-electron chi connectivity index (χ3n) is 3.22. The van der Waals surface area contributed by atoms with Crippen molar-refractivity contribution in [2.45, 2.75) is 6.92 Å². The van der Waals surface area contributed by atoms with Gasteiger partial charge in [0.15, 0.2) is 0 Å². The molecule has 0 atom stereocenters. The third kappa shape index (κ3) is 1.64. The molecule has 0 amide bonds. The lowest BCUT2D eigenvalue weighted by Crippen LogP contribution is -2.02. The van der Waals surface area contributed by atoms with Gasteiger partial charge < -0.3 is 14.3 Å². The van der Waals surface area contributed by atoms with E-state index in [1.165, 1.54) is 19.2 Å². The zero-order valence-electron chi connectivity index (χ0n) is 10.6. The molecule has 19 heavy (non-hydrogen) atoms. The van der Waals surface area contributed by atoms with Crippen LogP contribution < -0.4 is 10.4 Å². The number of hydrogen-bond donors (Lipinski definition) is 1. The summed E-state index contributed by atoms with van der Waals surface area (Å²) in [4.78, 5) is 12.0. The van der Waals surface area contributed by atoms with Gasteiger partial charge in [0.2, 0.25) is 0 Å². The predicted molar refractivity (Wildman–Crippen MR) is 72.9 cm³/mol. The second-order valence-corrected chi connectivity index (χ2v) is 4.41. The molecule has 1 heterocycles. The van der Waals surface area contributed by atoms with Crippen molar-refractivity contribution in [3.05, 3.63) is 46.3 Å². The van der Waals surface area contributed by atoms with Gasteiger partial charge in [-0.05, 0) is 12.5 Å². The molecule has 0 aliphatic heterocycles. The number of fused-ring (bicyclic) bond motifs is 3. The summed E-state index contributed by atoms with van der Waals surface area (Å²) in [6.07, 6.45) is 0. The van der Waals surface area contributed by atoms with Crippen molar-refractivity contribution in [2.75, 3.05) is 7.11 Å². The zero-order chi connectivity index (χ0) is 13.6. The van der Waals surface area contributed by atoms with Crippen molar-refractivity contribution in [2.24, 2.45) is 0 Å². The molecule has 0 saturated carbocycles. The summed E-state index contributed by atoms with van der Waals surface area (Å²) in [5, 5.41) is 11.6. The lowest BCUT2D eigenvalue weighted by molar-refractivity contribution is 0.411. The highest BCUT2D eigenvalue weighted by Gasteiger charge is 2.14. The molecule has 0 spiro atoms. The maximum atomic E-state index is 12.0. The molecule has 0 saturated heterocycles. The summed E-state index contributed by atoms with van der Waals surface area (Å²) in [7, 11) is 1.51. The number of hydrogen-bond acceptors (Lipinski definition) is 4. The fourth-order valence-corrected chi connectivity index (χ4v) is 2.38. The number of phenolic OH excluding ortho intramolecular Hbond substituents is 1. The Morgan fingerprint density at radius 1 is 1.21 bits per heavy atom. The predicted octanol–water partition coefficient (Wildman–Crippen LogP) is 2.97. The fraction of sp³-hybridized carbons (Fsp3) is 0.133. The first-order valence-electron chi connectivity index (χ1n) is 5.85. The minimum Gasteiger partial charge on any atom is -0.508 e. The van der Waals surface area contributed by atoms with Crippen molar-refractivity contribution in [1.29, 1.82) is 0 Å². The first-order valence-corrected chi connectivity index (χ1v) is 5.85. The Labute approximate surface area is 108 Å². The zero-order valence-corrected chi connectivity index (χ0v) is 10.6. The number of aryl methyl sites for hydroxylation is 1. The van der Waals surface area contributed by atoms with Crippen LogP contribution in [0.25, 0.3) is 21.7 Å². The summed E-state index contributed by atoms with van der Waals surface area (Å²) < 4.78 is 10.6. The van der Waals surface area contributed by atoms with Gasteiger partial charge in [-0.1, -0.05) is 18.2 Å². The van der Waals surface area contributed by atoms with E-state index >= 15 is 0 Å². The highest BCUT2D eigenvalue weighted by atomic mass is 16.5. The normalized spacial score (nSPS) is 11.1. The number of ether oxygens (including phenoxy) is 1. The molecule has 3 aromatic rings. The monoisotopic (exact) mass is 256 g/mol. The summed E-state index contributed by atoms with van der Waals surface area (Å²) in [5.41, 5.74) is 0.761. The van der Waals surface area contributed by atoms with E-state index in [1.807, 2.05) is 25.1 Å². The van der Waals surface area contributed by atoms with E-state index in [0.29, 0.717) is 22.1 Å².